The topological polar surface area (TPSA) is 89.2 Å². The molecule has 1 saturated heterocycles. The Balaban J connectivity index is 1.32. The second-order valence-corrected chi connectivity index (χ2v) is 9.54. The summed E-state index contributed by atoms with van der Waals surface area (Å²) in [5, 5.41) is 7.93. The van der Waals surface area contributed by atoms with Gasteiger partial charge in [-0.3, -0.25) is 4.79 Å². The van der Waals surface area contributed by atoms with E-state index in [2.05, 4.69) is 61.7 Å². The highest BCUT2D eigenvalue weighted by molar-refractivity contribution is 5.94. The molecule has 1 fully saturated rings. The molecule has 1 aliphatic rings. The molecule has 0 unspecified atom stereocenters. The highest BCUT2D eigenvalue weighted by atomic mass is 16.1. The fraction of sp³-hybridized carbons (Fsp3) is 0.321. The van der Waals surface area contributed by atoms with Crippen molar-refractivity contribution in [1.82, 2.24) is 24.8 Å². The molecule has 0 bridgehead atoms. The van der Waals surface area contributed by atoms with Crippen LogP contribution in [0.15, 0.2) is 65.7 Å². The molecule has 4 aromatic rings. The lowest BCUT2D eigenvalue weighted by Crippen LogP contribution is -2.30. The maximum absolute atomic E-state index is 12.7. The van der Waals surface area contributed by atoms with Crippen LogP contribution in [-0.2, 0) is 6.42 Å². The summed E-state index contributed by atoms with van der Waals surface area (Å²) in [6, 6.07) is 16.0. The number of pyridine rings is 3. The average Bonchev–Trinajstić information content (AvgIpc) is 3.09. The first kappa shape index (κ1) is 24.0. The van der Waals surface area contributed by atoms with Crippen LogP contribution in [0.2, 0.25) is 0 Å². The minimum absolute atomic E-state index is 0.178. The van der Waals surface area contributed by atoms with Gasteiger partial charge >= 0.3 is 0 Å². The van der Waals surface area contributed by atoms with Gasteiger partial charge in [-0.25, -0.2) is 9.97 Å². The molecule has 0 spiro atoms. The van der Waals surface area contributed by atoms with Gasteiger partial charge in [-0.1, -0.05) is 18.2 Å². The minimum atomic E-state index is -0.178. The summed E-state index contributed by atoms with van der Waals surface area (Å²) in [6.45, 7) is 7.68. The standard InChI is InChI=1S/C28H33N7O/c1-20-4-9-24(30-19-20)32-25-18-22-10-12-29-28(36)26(22)27(33-25)31-23-7-5-21(6-8-23)11-15-35-14-3-13-34(2)16-17-35/h4-10,12,18-19H,3,11,13-17H2,1-2H3,(H,29,36)(H2,30,31,32,33). The smallest absolute Gasteiger partial charge is 0.259 e. The van der Waals surface area contributed by atoms with E-state index in [-0.39, 0.29) is 5.56 Å². The van der Waals surface area contributed by atoms with E-state index in [1.807, 2.05) is 31.2 Å². The molecule has 3 N–H and O–H groups in total. The highest BCUT2D eigenvalue weighted by Gasteiger charge is 2.13. The van der Waals surface area contributed by atoms with Gasteiger partial charge in [0.2, 0.25) is 0 Å². The van der Waals surface area contributed by atoms with Crippen molar-refractivity contribution >= 4 is 33.9 Å². The number of hydrogen-bond acceptors (Lipinski definition) is 7. The van der Waals surface area contributed by atoms with Crippen molar-refractivity contribution in [1.29, 1.82) is 0 Å². The lowest BCUT2D eigenvalue weighted by atomic mass is 10.1. The first-order chi connectivity index (χ1) is 17.5. The number of rotatable bonds is 7. The second kappa shape index (κ2) is 10.9. The van der Waals surface area contributed by atoms with Crippen molar-refractivity contribution in [2.75, 3.05) is 50.4 Å². The van der Waals surface area contributed by atoms with Crippen LogP contribution in [-0.4, -0.2) is 64.5 Å². The average molecular weight is 484 g/mol. The number of hydrogen-bond donors (Lipinski definition) is 3. The molecule has 8 heteroatoms. The molecule has 4 heterocycles. The van der Waals surface area contributed by atoms with Gasteiger partial charge in [-0.2, -0.15) is 0 Å². The SMILES string of the molecule is Cc1ccc(Nc2cc3cc[nH]c(=O)c3c(Nc3ccc(CCN4CCCN(C)CC4)cc3)n2)nc1. The van der Waals surface area contributed by atoms with E-state index in [0.29, 0.717) is 22.8 Å². The summed E-state index contributed by atoms with van der Waals surface area (Å²) in [5.74, 6) is 1.82. The summed E-state index contributed by atoms with van der Waals surface area (Å²) in [6.07, 6.45) is 5.71. The van der Waals surface area contributed by atoms with E-state index >= 15 is 0 Å². The molecule has 0 aliphatic carbocycles. The first-order valence-corrected chi connectivity index (χ1v) is 12.5. The van der Waals surface area contributed by atoms with Crippen molar-refractivity contribution < 1.29 is 0 Å². The third kappa shape index (κ3) is 5.90. The lowest BCUT2D eigenvalue weighted by molar-refractivity contribution is 0.279. The summed E-state index contributed by atoms with van der Waals surface area (Å²) in [7, 11) is 2.20. The predicted molar refractivity (Wildman–Crippen MR) is 147 cm³/mol. The van der Waals surface area contributed by atoms with Gasteiger partial charge in [0.15, 0.2) is 0 Å². The van der Waals surface area contributed by atoms with E-state index in [1.54, 1.807) is 12.4 Å². The van der Waals surface area contributed by atoms with Crippen LogP contribution in [0.1, 0.15) is 17.5 Å². The van der Waals surface area contributed by atoms with Gasteiger partial charge in [-0.15, -0.1) is 0 Å². The zero-order valence-corrected chi connectivity index (χ0v) is 20.9. The molecule has 3 aromatic heterocycles. The molecule has 5 rings (SSSR count). The van der Waals surface area contributed by atoms with Gasteiger partial charge in [0, 0.05) is 37.7 Å². The van der Waals surface area contributed by atoms with Crippen LogP contribution in [0.4, 0.5) is 23.1 Å². The first-order valence-electron chi connectivity index (χ1n) is 12.5. The molecule has 1 aromatic carbocycles. The van der Waals surface area contributed by atoms with Crippen LogP contribution >= 0.6 is 0 Å². The molecule has 0 radical (unpaired) electrons. The van der Waals surface area contributed by atoms with Crippen LogP contribution in [0, 0.1) is 6.92 Å². The van der Waals surface area contributed by atoms with Gasteiger partial charge < -0.3 is 25.4 Å². The van der Waals surface area contributed by atoms with E-state index in [9.17, 15) is 4.79 Å². The van der Waals surface area contributed by atoms with Crippen molar-refractivity contribution in [2.45, 2.75) is 19.8 Å². The predicted octanol–water partition coefficient (Wildman–Crippen LogP) is 4.29. The van der Waals surface area contributed by atoms with Gasteiger partial charge in [-0.05, 0) is 86.7 Å². The number of anilines is 4. The number of nitrogens with one attached hydrogen (secondary N) is 3. The Morgan fingerprint density at radius 2 is 1.83 bits per heavy atom. The number of aromatic nitrogens is 3. The molecule has 0 amide bonds. The van der Waals surface area contributed by atoms with E-state index < -0.39 is 0 Å². The van der Waals surface area contributed by atoms with Crippen LogP contribution in [0.25, 0.3) is 10.8 Å². The monoisotopic (exact) mass is 483 g/mol. The van der Waals surface area contributed by atoms with E-state index in [4.69, 9.17) is 4.98 Å². The third-order valence-electron chi connectivity index (χ3n) is 6.67. The van der Waals surface area contributed by atoms with E-state index in [1.165, 1.54) is 25.1 Å². The van der Waals surface area contributed by atoms with Crippen molar-refractivity contribution in [3.63, 3.8) is 0 Å². The molecular formula is C28H33N7O. The molecule has 36 heavy (non-hydrogen) atoms. The minimum Gasteiger partial charge on any atom is -0.339 e. The van der Waals surface area contributed by atoms with Crippen LogP contribution in [0.3, 0.4) is 0 Å². The lowest BCUT2D eigenvalue weighted by Gasteiger charge is -2.20. The zero-order chi connectivity index (χ0) is 24.9. The quantitative estimate of drug-likeness (QED) is 0.361. The summed E-state index contributed by atoms with van der Waals surface area (Å²) >= 11 is 0. The van der Waals surface area contributed by atoms with Crippen LogP contribution < -0.4 is 16.2 Å². The van der Waals surface area contributed by atoms with Gasteiger partial charge in [0.1, 0.15) is 17.5 Å². The molecular weight excluding hydrogens is 450 g/mol. The van der Waals surface area contributed by atoms with E-state index in [0.717, 1.165) is 42.7 Å². The Morgan fingerprint density at radius 1 is 0.972 bits per heavy atom. The maximum Gasteiger partial charge on any atom is 0.259 e. The van der Waals surface area contributed by atoms with Crippen molar-refractivity contribution in [2.24, 2.45) is 0 Å². The number of nitrogens with zero attached hydrogens (tertiary/aromatic N) is 4. The number of fused-ring (bicyclic) bond motifs is 1. The Hall–Kier alpha value is -3.75. The Morgan fingerprint density at radius 3 is 2.64 bits per heavy atom. The summed E-state index contributed by atoms with van der Waals surface area (Å²) in [4.78, 5) is 29.5. The Bertz CT molecular complexity index is 1370. The van der Waals surface area contributed by atoms with Crippen molar-refractivity contribution in [3.05, 3.63) is 82.4 Å². The molecule has 186 valence electrons. The molecule has 0 atom stereocenters. The van der Waals surface area contributed by atoms with Crippen molar-refractivity contribution in [3.8, 4) is 0 Å². The fourth-order valence-corrected chi connectivity index (χ4v) is 4.54. The summed E-state index contributed by atoms with van der Waals surface area (Å²) in [5.41, 5.74) is 3.10. The number of aromatic amines is 1. The molecule has 1 aliphatic heterocycles. The normalized spacial score (nSPS) is 15.1. The number of aryl methyl sites for hydroxylation is 1. The molecule has 8 nitrogen and oxygen atoms in total. The van der Waals surface area contributed by atoms with Crippen LogP contribution in [0.5, 0.6) is 0 Å². The third-order valence-corrected chi connectivity index (χ3v) is 6.67. The number of benzene rings is 1. The summed E-state index contributed by atoms with van der Waals surface area (Å²) < 4.78 is 0. The fourth-order valence-electron chi connectivity index (χ4n) is 4.54. The zero-order valence-electron chi connectivity index (χ0n) is 20.9. The number of likely N-dealkylation sites (N-methyl/N-ethyl adjacent to an activating group) is 1. The molecule has 0 saturated carbocycles. The van der Waals surface area contributed by atoms with Gasteiger partial charge in [0.05, 0.1) is 5.39 Å². The number of H-pyrrole nitrogens is 1. The largest absolute Gasteiger partial charge is 0.339 e. The van der Waals surface area contributed by atoms with Gasteiger partial charge in [0.25, 0.3) is 5.56 Å². The Labute approximate surface area is 211 Å². The maximum atomic E-state index is 12.7. The second-order valence-electron chi connectivity index (χ2n) is 9.54. The highest BCUT2D eigenvalue weighted by Crippen LogP contribution is 2.26. The Kier molecular flexibility index (Phi) is 7.25.